The normalized spacial score (nSPS) is 12.0. The molecule has 0 aliphatic heterocycles. The van der Waals surface area contributed by atoms with Gasteiger partial charge in [0.05, 0.1) is 11.5 Å². The molecule has 0 spiro atoms. The second-order valence-electron chi connectivity index (χ2n) is 3.59. The average molecular weight is 340 g/mol. The summed E-state index contributed by atoms with van der Waals surface area (Å²) in [5, 5.41) is 0. The van der Waals surface area contributed by atoms with Crippen molar-refractivity contribution >= 4 is 32.7 Å². The van der Waals surface area contributed by atoms with Gasteiger partial charge in [-0.1, -0.05) is 13.8 Å². The third kappa shape index (κ3) is 4.08. The first-order valence-corrected chi connectivity index (χ1v) is 7.05. The molecule has 0 aliphatic carbocycles. The Kier molecular flexibility index (Phi) is 4.54. The number of hydrogen-bond donors (Lipinski definition) is 0. The highest BCUT2D eigenvalue weighted by Gasteiger charge is 2.15. The molecule has 0 unspecified atom stereocenters. The largest absolute Gasteiger partial charge is 0.296 e. The van der Waals surface area contributed by atoms with Crippen molar-refractivity contribution in [2.75, 3.05) is 6.61 Å². The Bertz CT molecular complexity index is 409. The van der Waals surface area contributed by atoms with Crippen molar-refractivity contribution < 1.29 is 12.6 Å². The van der Waals surface area contributed by atoms with Crippen LogP contribution in [0.4, 0.5) is 0 Å². The van der Waals surface area contributed by atoms with Gasteiger partial charge in [0.25, 0.3) is 10.1 Å². The topological polar surface area (TPSA) is 43.4 Å². The van der Waals surface area contributed by atoms with Gasteiger partial charge in [0.15, 0.2) is 0 Å². The van der Waals surface area contributed by atoms with Gasteiger partial charge in [0.1, 0.15) is 0 Å². The second-order valence-corrected chi connectivity index (χ2v) is 6.45. The Morgan fingerprint density at radius 2 is 1.80 bits per heavy atom. The van der Waals surface area contributed by atoms with Gasteiger partial charge in [0.2, 0.25) is 0 Å². The molecule has 0 saturated heterocycles. The number of halogens is 1. The highest BCUT2D eigenvalue weighted by atomic mass is 127. The molecule has 0 N–H and O–H groups in total. The van der Waals surface area contributed by atoms with E-state index in [1.165, 1.54) is 0 Å². The van der Waals surface area contributed by atoms with E-state index >= 15 is 0 Å². The van der Waals surface area contributed by atoms with Crippen LogP contribution < -0.4 is 0 Å². The summed E-state index contributed by atoms with van der Waals surface area (Å²) in [6.45, 7) is 4.03. The van der Waals surface area contributed by atoms with E-state index in [4.69, 9.17) is 4.18 Å². The van der Waals surface area contributed by atoms with E-state index in [9.17, 15) is 8.42 Å². The summed E-state index contributed by atoms with van der Waals surface area (Å²) in [6.07, 6.45) is 0. The third-order valence-corrected chi connectivity index (χ3v) is 3.67. The minimum absolute atomic E-state index is 0.198. The minimum atomic E-state index is -3.58. The summed E-state index contributed by atoms with van der Waals surface area (Å²) >= 11 is 2.12. The highest BCUT2D eigenvalue weighted by molar-refractivity contribution is 14.1. The first-order chi connectivity index (χ1) is 6.92. The fraction of sp³-hybridized carbons (Fsp3) is 0.400. The molecule has 0 radical (unpaired) electrons. The van der Waals surface area contributed by atoms with Gasteiger partial charge in [-0.3, -0.25) is 4.18 Å². The fourth-order valence-corrected chi connectivity index (χ4v) is 2.31. The molecule has 15 heavy (non-hydrogen) atoms. The van der Waals surface area contributed by atoms with Crippen LogP contribution >= 0.6 is 22.6 Å². The highest BCUT2D eigenvalue weighted by Crippen LogP contribution is 2.15. The molecule has 1 rings (SSSR count). The summed E-state index contributed by atoms with van der Waals surface area (Å²) < 4.78 is 29.1. The first-order valence-electron chi connectivity index (χ1n) is 4.57. The van der Waals surface area contributed by atoms with Crippen molar-refractivity contribution in [2.24, 2.45) is 5.92 Å². The van der Waals surface area contributed by atoms with Crippen molar-refractivity contribution in [1.29, 1.82) is 0 Å². The predicted molar refractivity (Wildman–Crippen MR) is 67.1 cm³/mol. The number of hydrogen-bond acceptors (Lipinski definition) is 3. The Morgan fingerprint density at radius 1 is 1.27 bits per heavy atom. The van der Waals surface area contributed by atoms with Crippen LogP contribution in [0.1, 0.15) is 13.8 Å². The summed E-state index contributed by atoms with van der Waals surface area (Å²) in [5.74, 6) is 0.198. The van der Waals surface area contributed by atoms with Crippen LogP contribution in [0.25, 0.3) is 0 Å². The van der Waals surface area contributed by atoms with Crippen molar-refractivity contribution in [1.82, 2.24) is 0 Å². The number of benzene rings is 1. The lowest BCUT2D eigenvalue weighted by molar-refractivity contribution is 0.275. The van der Waals surface area contributed by atoms with Gasteiger partial charge in [-0.15, -0.1) is 0 Å². The van der Waals surface area contributed by atoms with E-state index < -0.39 is 10.1 Å². The molecule has 0 heterocycles. The van der Waals surface area contributed by atoms with Crippen LogP contribution in [0.2, 0.25) is 0 Å². The average Bonchev–Trinajstić information content (AvgIpc) is 2.16. The van der Waals surface area contributed by atoms with E-state index in [-0.39, 0.29) is 17.4 Å². The van der Waals surface area contributed by atoms with Crippen molar-refractivity contribution in [3.63, 3.8) is 0 Å². The van der Waals surface area contributed by atoms with E-state index in [0.717, 1.165) is 3.57 Å². The van der Waals surface area contributed by atoms with Crippen LogP contribution in [0, 0.1) is 9.49 Å². The zero-order valence-corrected chi connectivity index (χ0v) is 11.6. The van der Waals surface area contributed by atoms with Crippen molar-refractivity contribution in [3.05, 3.63) is 27.8 Å². The lowest BCUT2D eigenvalue weighted by Gasteiger charge is -2.07. The molecule has 3 nitrogen and oxygen atoms in total. The molecule has 84 valence electrons. The lowest BCUT2D eigenvalue weighted by atomic mass is 10.2. The molecule has 0 saturated carbocycles. The molecular formula is C10H13IO3S. The van der Waals surface area contributed by atoms with Gasteiger partial charge in [0, 0.05) is 3.57 Å². The van der Waals surface area contributed by atoms with Gasteiger partial charge in [-0.05, 0) is 52.8 Å². The SMILES string of the molecule is CC(C)COS(=O)(=O)c1ccc(I)cc1. The summed E-state index contributed by atoms with van der Waals surface area (Å²) in [7, 11) is -3.58. The van der Waals surface area contributed by atoms with Gasteiger partial charge < -0.3 is 0 Å². The van der Waals surface area contributed by atoms with E-state index in [0.29, 0.717) is 0 Å². The molecule has 0 aromatic heterocycles. The first kappa shape index (κ1) is 12.9. The Morgan fingerprint density at radius 3 is 2.27 bits per heavy atom. The van der Waals surface area contributed by atoms with Crippen LogP contribution in [-0.2, 0) is 14.3 Å². The summed E-state index contributed by atoms with van der Waals surface area (Å²) in [5.41, 5.74) is 0. The quantitative estimate of drug-likeness (QED) is 0.625. The molecule has 0 amide bonds. The molecule has 0 atom stereocenters. The molecule has 5 heteroatoms. The van der Waals surface area contributed by atoms with Gasteiger partial charge in [-0.2, -0.15) is 8.42 Å². The summed E-state index contributed by atoms with van der Waals surface area (Å²) in [4.78, 5) is 0.212. The standard InChI is InChI=1S/C10H13IO3S/c1-8(2)7-14-15(12,13)10-5-3-9(11)4-6-10/h3-6,8H,7H2,1-2H3. The fourth-order valence-electron chi connectivity index (χ4n) is 0.895. The van der Waals surface area contributed by atoms with Crippen LogP contribution in [0.15, 0.2) is 29.2 Å². The van der Waals surface area contributed by atoms with Gasteiger partial charge >= 0.3 is 0 Å². The lowest BCUT2D eigenvalue weighted by Crippen LogP contribution is -2.10. The van der Waals surface area contributed by atoms with Crippen molar-refractivity contribution in [2.45, 2.75) is 18.7 Å². The predicted octanol–water partition coefficient (Wildman–Crippen LogP) is 2.65. The van der Waals surface area contributed by atoms with Crippen molar-refractivity contribution in [3.8, 4) is 0 Å². The van der Waals surface area contributed by atoms with Crippen LogP contribution in [0.5, 0.6) is 0 Å². The van der Waals surface area contributed by atoms with E-state index in [1.807, 2.05) is 13.8 Å². The Hall–Kier alpha value is -0.140. The van der Waals surface area contributed by atoms with Crippen LogP contribution in [0.3, 0.4) is 0 Å². The Labute approximate surface area is 104 Å². The Balaban J connectivity index is 2.82. The summed E-state index contributed by atoms with van der Waals surface area (Å²) in [6, 6.07) is 6.59. The molecule has 0 bridgehead atoms. The molecule has 0 aliphatic rings. The molecular weight excluding hydrogens is 327 g/mol. The zero-order chi connectivity index (χ0) is 11.5. The molecule has 1 aromatic carbocycles. The van der Waals surface area contributed by atoms with E-state index in [1.54, 1.807) is 24.3 Å². The minimum Gasteiger partial charge on any atom is -0.266 e. The monoisotopic (exact) mass is 340 g/mol. The van der Waals surface area contributed by atoms with Crippen LogP contribution in [-0.4, -0.2) is 15.0 Å². The maximum atomic E-state index is 11.6. The second kappa shape index (κ2) is 5.27. The molecule has 0 fully saturated rings. The molecule has 1 aromatic rings. The maximum absolute atomic E-state index is 11.6. The number of rotatable bonds is 4. The smallest absolute Gasteiger partial charge is 0.266 e. The zero-order valence-electron chi connectivity index (χ0n) is 8.60. The van der Waals surface area contributed by atoms with Gasteiger partial charge in [-0.25, -0.2) is 0 Å². The van der Waals surface area contributed by atoms with E-state index in [2.05, 4.69) is 22.6 Å². The maximum Gasteiger partial charge on any atom is 0.296 e. The third-order valence-electron chi connectivity index (χ3n) is 1.66.